The molecule has 0 spiro atoms. The number of ketones is 1. The van der Waals surface area contributed by atoms with Crippen LogP contribution in [0, 0.1) is 0 Å². The van der Waals surface area contributed by atoms with Gasteiger partial charge in [-0.2, -0.15) is 8.75 Å². The second-order valence-electron chi connectivity index (χ2n) is 8.17. The second-order valence-corrected chi connectivity index (χ2v) is 11.6. The average Bonchev–Trinajstić information content (AvgIpc) is 3.40. The zero-order valence-electron chi connectivity index (χ0n) is 19.5. The third-order valence-corrected chi connectivity index (χ3v) is 8.34. The molecule has 5 rings (SSSR count). The minimum atomic E-state index is -4.15. The molecule has 5 aromatic rings. The van der Waals surface area contributed by atoms with E-state index in [0.29, 0.717) is 16.1 Å². The summed E-state index contributed by atoms with van der Waals surface area (Å²) < 4.78 is 37.1. The van der Waals surface area contributed by atoms with Gasteiger partial charge in [0.1, 0.15) is 15.9 Å². The Morgan fingerprint density at radius 1 is 0.795 bits per heavy atom. The maximum Gasteiger partial charge on any atom is 0.264 e. The van der Waals surface area contributed by atoms with Gasteiger partial charge in [-0.15, -0.1) is 0 Å². The van der Waals surface area contributed by atoms with E-state index < -0.39 is 15.9 Å². The lowest BCUT2D eigenvalue weighted by Crippen LogP contribution is -2.19. The van der Waals surface area contributed by atoms with Crippen LogP contribution in [0.25, 0.3) is 11.0 Å². The van der Waals surface area contributed by atoms with Gasteiger partial charge in [-0.3, -0.25) is 14.3 Å². The van der Waals surface area contributed by atoms with Crippen LogP contribution in [-0.4, -0.2) is 28.9 Å². The molecule has 1 aromatic heterocycles. The standard InChI is InChI=1S/C26H15Cl3N4O4S2/c27-15-6-4-14(5-7-15)25(34)18-13-17(9-10-20(18)29)30-26(35)19-12-16(28)8-11-21(19)33-39(36,37)23-3-1-2-22-24(23)32-38-31-22/h1-13,33H,(H,30,35). The van der Waals surface area contributed by atoms with Crippen molar-refractivity contribution >= 4 is 90.7 Å². The minimum absolute atomic E-state index is 0.0106. The molecule has 0 saturated heterocycles. The molecule has 2 N–H and O–H groups in total. The molecule has 1 amide bonds. The van der Waals surface area contributed by atoms with E-state index in [1.54, 1.807) is 36.4 Å². The molecule has 0 unspecified atom stereocenters. The highest BCUT2D eigenvalue weighted by Gasteiger charge is 2.23. The number of aromatic nitrogens is 2. The summed E-state index contributed by atoms with van der Waals surface area (Å²) in [6.07, 6.45) is 0. The number of hydrogen-bond acceptors (Lipinski definition) is 7. The van der Waals surface area contributed by atoms with E-state index in [0.717, 1.165) is 11.7 Å². The minimum Gasteiger partial charge on any atom is -0.322 e. The summed E-state index contributed by atoms with van der Waals surface area (Å²) in [6, 6.07) is 19.5. The summed E-state index contributed by atoms with van der Waals surface area (Å²) in [5, 5.41) is 3.55. The first-order valence-corrected chi connectivity index (χ1v) is 14.4. The van der Waals surface area contributed by atoms with E-state index in [9.17, 15) is 18.0 Å². The van der Waals surface area contributed by atoms with Gasteiger partial charge in [0.15, 0.2) is 5.78 Å². The van der Waals surface area contributed by atoms with E-state index in [-0.39, 0.29) is 48.7 Å². The lowest BCUT2D eigenvalue weighted by Gasteiger charge is -2.14. The predicted molar refractivity (Wildman–Crippen MR) is 154 cm³/mol. The number of nitrogens with one attached hydrogen (secondary N) is 2. The van der Waals surface area contributed by atoms with Crippen LogP contribution in [0.4, 0.5) is 11.4 Å². The van der Waals surface area contributed by atoms with E-state index in [1.807, 2.05) is 0 Å². The fourth-order valence-electron chi connectivity index (χ4n) is 3.72. The van der Waals surface area contributed by atoms with E-state index >= 15 is 0 Å². The topological polar surface area (TPSA) is 118 Å². The number of benzene rings is 4. The average molecular weight is 618 g/mol. The van der Waals surface area contributed by atoms with Crippen molar-refractivity contribution in [2.45, 2.75) is 4.90 Å². The molecule has 1 heterocycles. The first-order valence-electron chi connectivity index (χ1n) is 11.1. The van der Waals surface area contributed by atoms with Crippen molar-refractivity contribution in [3.8, 4) is 0 Å². The highest BCUT2D eigenvalue weighted by atomic mass is 35.5. The van der Waals surface area contributed by atoms with Crippen molar-refractivity contribution in [2.24, 2.45) is 0 Å². The molecule has 0 aliphatic heterocycles. The Kier molecular flexibility index (Phi) is 7.57. The number of halogens is 3. The van der Waals surface area contributed by atoms with Crippen LogP contribution in [-0.2, 0) is 10.0 Å². The summed E-state index contributed by atoms with van der Waals surface area (Å²) in [5.41, 5.74) is 1.38. The third-order valence-electron chi connectivity index (χ3n) is 5.58. The van der Waals surface area contributed by atoms with Crippen LogP contribution in [0.15, 0.2) is 83.8 Å². The Labute approximate surface area is 241 Å². The summed E-state index contributed by atoms with van der Waals surface area (Å²) >= 11 is 19.2. The molecule has 0 fully saturated rings. The molecule has 13 heteroatoms. The Bertz CT molecular complexity index is 1860. The van der Waals surface area contributed by atoms with Crippen LogP contribution in [0.3, 0.4) is 0 Å². The van der Waals surface area contributed by atoms with Crippen molar-refractivity contribution in [3.63, 3.8) is 0 Å². The Hall–Kier alpha value is -3.54. The summed E-state index contributed by atoms with van der Waals surface area (Å²) in [6.45, 7) is 0. The molecule has 196 valence electrons. The number of amides is 1. The molecule has 0 saturated carbocycles. The Morgan fingerprint density at radius 3 is 2.31 bits per heavy atom. The molecule has 0 bridgehead atoms. The van der Waals surface area contributed by atoms with Gasteiger partial charge in [-0.25, -0.2) is 8.42 Å². The molecular formula is C26H15Cl3N4O4S2. The van der Waals surface area contributed by atoms with E-state index in [4.69, 9.17) is 34.8 Å². The van der Waals surface area contributed by atoms with Gasteiger partial charge in [0.05, 0.1) is 28.0 Å². The van der Waals surface area contributed by atoms with Crippen LogP contribution in [0.5, 0.6) is 0 Å². The van der Waals surface area contributed by atoms with Crippen molar-refractivity contribution < 1.29 is 18.0 Å². The molecular weight excluding hydrogens is 603 g/mol. The number of rotatable bonds is 7. The van der Waals surface area contributed by atoms with Crippen LogP contribution in [0.2, 0.25) is 15.1 Å². The summed E-state index contributed by atoms with van der Waals surface area (Å²) in [5.74, 6) is -1.04. The van der Waals surface area contributed by atoms with Gasteiger partial charge < -0.3 is 5.32 Å². The number of carbonyl (C=O) groups is 2. The lowest BCUT2D eigenvalue weighted by atomic mass is 10.0. The fourth-order valence-corrected chi connectivity index (χ4v) is 6.07. The lowest BCUT2D eigenvalue weighted by molar-refractivity contribution is 0.102. The monoisotopic (exact) mass is 616 g/mol. The zero-order chi connectivity index (χ0) is 27.7. The predicted octanol–water partition coefficient (Wildman–Crippen LogP) is 6.94. The summed E-state index contributed by atoms with van der Waals surface area (Å²) in [4.78, 5) is 26.2. The van der Waals surface area contributed by atoms with Crippen molar-refractivity contribution in [1.29, 1.82) is 0 Å². The SMILES string of the molecule is O=C(c1ccc(Cl)cc1)c1cc(NC(=O)c2cc(Cl)ccc2NS(=O)(=O)c2cccc3nsnc23)ccc1Cl. The first-order chi connectivity index (χ1) is 18.6. The fraction of sp³-hybridized carbons (Fsp3) is 0. The molecule has 0 atom stereocenters. The summed E-state index contributed by atoms with van der Waals surface area (Å²) in [7, 11) is -4.15. The van der Waals surface area contributed by atoms with Crippen LogP contribution in [0.1, 0.15) is 26.3 Å². The van der Waals surface area contributed by atoms with Gasteiger partial charge in [0.2, 0.25) is 0 Å². The molecule has 39 heavy (non-hydrogen) atoms. The molecule has 4 aromatic carbocycles. The number of nitrogens with zero attached hydrogens (tertiary/aromatic N) is 2. The zero-order valence-corrected chi connectivity index (χ0v) is 23.4. The highest BCUT2D eigenvalue weighted by molar-refractivity contribution is 7.93. The quantitative estimate of drug-likeness (QED) is 0.191. The van der Waals surface area contributed by atoms with Gasteiger partial charge in [-0.05, 0) is 72.8 Å². The number of fused-ring (bicyclic) bond motifs is 1. The number of hydrogen-bond donors (Lipinski definition) is 2. The normalized spacial score (nSPS) is 11.4. The molecule has 0 radical (unpaired) electrons. The Morgan fingerprint density at radius 2 is 1.54 bits per heavy atom. The highest BCUT2D eigenvalue weighted by Crippen LogP contribution is 2.29. The van der Waals surface area contributed by atoms with Crippen molar-refractivity contribution in [1.82, 2.24) is 8.75 Å². The molecule has 0 aliphatic rings. The largest absolute Gasteiger partial charge is 0.322 e. The van der Waals surface area contributed by atoms with Gasteiger partial charge in [-0.1, -0.05) is 40.9 Å². The first kappa shape index (κ1) is 27.0. The Balaban J connectivity index is 1.44. The van der Waals surface area contributed by atoms with Crippen molar-refractivity contribution in [3.05, 3.63) is 111 Å². The van der Waals surface area contributed by atoms with Gasteiger partial charge in [0.25, 0.3) is 15.9 Å². The van der Waals surface area contributed by atoms with Gasteiger partial charge >= 0.3 is 0 Å². The smallest absolute Gasteiger partial charge is 0.264 e. The van der Waals surface area contributed by atoms with Crippen LogP contribution >= 0.6 is 46.5 Å². The number of sulfonamides is 1. The van der Waals surface area contributed by atoms with Crippen molar-refractivity contribution in [2.75, 3.05) is 10.0 Å². The number of anilines is 2. The maximum absolute atomic E-state index is 13.3. The van der Waals surface area contributed by atoms with E-state index in [2.05, 4.69) is 18.8 Å². The van der Waals surface area contributed by atoms with E-state index in [1.165, 1.54) is 42.5 Å². The maximum atomic E-state index is 13.3. The third kappa shape index (κ3) is 5.75. The molecule has 0 aliphatic carbocycles. The van der Waals surface area contributed by atoms with Gasteiger partial charge in [0, 0.05) is 26.9 Å². The molecule has 8 nitrogen and oxygen atoms in total. The second kappa shape index (κ2) is 10.9. The number of carbonyl (C=O) groups excluding carboxylic acids is 2. The van der Waals surface area contributed by atoms with Crippen LogP contribution < -0.4 is 10.0 Å².